The highest BCUT2D eigenvalue weighted by molar-refractivity contribution is 4.78. The van der Waals surface area contributed by atoms with E-state index in [0.29, 0.717) is 6.04 Å². The molecule has 2 rings (SSSR count). The zero-order valence-corrected chi connectivity index (χ0v) is 10.7. The summed E-state index contributed by atoms with van der Waals surface area (Å²) < 4.78 is 0. The maximum absolute atomic E-state index is 5.86. The van der Waals surface area contributed by atoms with Crippen LogP contribution in [0.25, 0.3) is 0 Å². The van der Waals surface area contributed by atoms with Gasteiger partial charge in [0, 0.05) is 12.6 Å². The van der Waals surface area contributed by atoms with Gasteiger partial charge in [-0.1, -0.05) is 38.5 Å². The molecule has 0 amide bonds. The molecule has 1 aliphatic heterocycles. The van der Waals surface area contributed by atoms with Crippen molar-refractivity contribution in [2.45, 2.75) is 63.8 Å². The molecule has 0 unspecified atom stereocenters. The van der Waals surface area contributed by atoms with Crippen LogP contribution in [0.5, 0.6) is 0 Å². The summed E-state index contributed by atoms with van der Waals surface area (Å²) in [4.78, 5) is 2.66. The molecule has 16 heavy (non-hydrogen) atoms. The van der Waals surface area contributed by atoms with E-state index < -0.39 is 0 Å². The Bertz CT molecular complexity index is 187. The van der Waals surface area contributed by atoms with Gasteiger partial charge in [0.1, 0.15) is 0 Å². The third kappa shape index (κ3) is 3.46. The van der Waals surface area contributed by atoms with Crippen LogP contribution in [0, 0.1) is 5.92 Å². The van der Waals surface area contributed by atoms with Crippen molar-refractivity contribution in [1.29, 1.82) is 0 Å². The molecule has 1 saturated heterocycles. The van der Waals surface area contributed by atoms with Crippen LogP contribution in [0.15, 0.2) is 0 Å². The number of hydrogen-bond donors (Lipinski definition) is 1. The van der Waals surface area contributed by atoms with E-state index in [1.807, 2.05) is 0 Å². The van der Waals surface area contributed by atoms with Gasteiger partial charge < -0.3 is 5.73 Å². The van der Waals surface area contributed by atoms with Gasteiger partial charge in [-0.05, 0) is 38.3 Å². The second-order valence-electron chi connectivity index (χ2n) is 5.71. The van der Waals surface area contributed by atoms with Crippen molar-refractivity contribution in [3.05, 3.63) is 0 Å². The number of likely N-dealkylation sites (tertiary alicyclic amines) is 1. The Morgan fingerprint density at radius 1 is 0.938 bits per heavy atom. The number of nitrogens with two attached hydrogens (primary N) is 1. The van der Waals surface area contributed by atoms with Gasteiger partial charge in [-0.2, -0.15) is 0 Å². The number of rotatable bonds is 4. The molecule has 2 fully saturated rings. The summed E-state index contributed by atoms with van der Waals surface area (Å²) in [6.07, 6.45) is 12.9. The summed E-state index contributed by atoms with van der Waals surface area (Å²) in [5.41, 5.74) is 5.86. The molecule has 94 valence electrons. The summed E-state index contributed by atoms with van der Waals surface area (Å²) in [5.74, 6) is 1.02. The van der Waals surface area contributed by atoms with E-state index in [4.69, 9.17) is 5.73 Å². The van der Waals surface area contributed by atoms with Crippen LogP contribution in [-0.4, -0.2) is 30.6 Å². The summed E-state index contributed by atoms with van der Waals surface area (Å²) >= 11 is 0. The Morgan fingerprint density at radius 3 is 2.44 bits per heavy atom. The van der Waals surface area contributed by atoms with Gasteiger partial charge >= 0.3 is 0 Å². The molecule has 1 aliphatic carbocycles. The van der Waals surface area contributed by atoms with Crippen LogP contribution in [0.2, 0.25) is 0 Å². The monoisotopic (exact) mass is 224 g/mol. The van der Waals surface area contributed by atoms with Crippen LogP contribution in [0.3, 0.4) is 0 Å². The van der Waals surface area contributed by atoms with Gasteiger partial charge in [0.25, 0.3) is 0 Å². The van der Waals surface area contributed by atoms with Gasteiger partial charge in [-0.3, -0.25) is 4.90 Å². The topological polar surface area (TPSA) is 29.3 Å². The van der Waals surface area contributed by atoms with Crippen molar-refractivity contribution in [2.24, 2.45) is 11.7 Å². The molecule has 2 aliphatic rings. The number of piperidine rings is 1. The first-order valence-corrected chi connectivity index (χ1v) is 7.34. The second-order valence-corrected chi connectivity index (χ2v) is 5.71. The van der Waals surface area contributed by atoms with E-state index in [1.54, 1.807) is 0 Å². The average molecular weight is 224 g/mol. The lowest BCUT2D eigenvalue weighted by atomic mass is 9.86. The molecular formula is C14H28N2. The van der Waals surface area contributed by atoms with Gasteiger partial charge in [0.2, 0.25) is 0 Å². The fourth-order valence-electron chi connectivity index (χ4n) is 3.45. The van der Waals surface area contributed by atoms with Crippen molar-refractivity contribution in [1.82, 2.24) is 4.90 Å². The Kier molecular flexibility index (Phi) is 5.11. The van der Waals surface area contributed by atoms with Crippen LogP contribution in [0.4, 0.5) is 0 Å². The molecule has 0 aromatic heterocycles. The highest BCUT2D eigenvalue weighted by Crippen LogP contribution is 2.27. The SMILES string of the molecule is NC[C@@H]1CCCCN1CCC1CCCCC1. The largest absolute Gasteiger partial charge is 0.329 e. The first-order valence-electron chi connectivity index (χ1n) is 7.34. The first kappa shape index (κ1) is 12.4. The maximum atomic E-state index is 5.86. The van der Waals surface area contributed by atoms with E-state index in [9.17, 15) is 0 Å². The fraction of sp³-hybridized carbons (Fsp3) is 1.00. The quantitative estimate of drug-likeness (QED) is 0.795. The minimum absolute atomic E-state index is 0.692. The van der Waals surface area contributed by atoms with Gasteiger partial charge in [-0.15, -0.1) is 0 Å². The van der Waals surface area contributed by atoms with E-state index in [2.05, 4.69) is 4.90 Å². The molecule has 1 saturated carbocycles. The van der Waals surface area contributed by atoms with Crippen LogP contribution < -0.4 is 5.73 Å². The van der Waals surface area contributed by atoms with Gasteiger partial charge in [0.05, 0.1) is 0 Å². The summed E-state index contributed by atoms with van der Waals surface area (Å²) in [5, 5.41) is 0. The molecule has 1 heterocycles. The highest BCUT2D eigenvalue weighted by Gasteiger charge is 2.22. The average Bonchev–Trinajstić information content (AvgIpc) is 2.38. The molecule has 2 N–H and O–H groups in total. The summed E-state index contributed by atoms with van der Waals surface area (Å²) in [6, 6.07) is 0.692. The molecular weight excluding hydrogens is 196 g/mol. The van der Waals surface area contributed by atoms with Crippen molar-refractivity contribution >= 4 is 0 Å². The lowest BCUT2D eigenvalue weighted by Crippen LogP contribution is -2.44. The van der Waals surface area contributed by atoms with Crippen molar-refractivity contribution in [3.8, 4) is 0 Å². The predicted octanol–water partition coefficient (Wildman–Crippen LogP) is 2.77. The van der Waals surface area contributed by atoms with Crippen LogP contribution in [0.1, 0.15) is 57.8 Å². The van der Waals surface area contributed by atoms with E-state index in [-0.39, 0.29) is 0 Å². The van der Waals surface area contributed by atoms with Gasteiger partial charge in [-0.25, -0.2) is 0 Å². The fourth-order valence-corrected chi connectivity index (χ4v) is 3.45. The van der Waals surface area contributed by atoms with E-state index in [1.165, 1.54) is 70.9 Å². The normalized spacial score (nSPS) is 29.4. The molecule has 0 aromatic rings. The Labute approximate surface area is 101 Å². The molecule has 0 spiro atoms. The predicted molar refractivity (Wildman–Crippen MR) is 69.5 cm³/mol. The maximum Gasteiger partial charge on any atom is 0.0218 e. The molecule has 0 radical (unpaired) electrons. The summed E-state index contributed by atoms with van der Waals surface area (Å²) in [6.45, 7) is 3.48. The second kappa shape index (κ2) is 6.61. The van der Waals surface area contributed by atoms with Crippen LogP contribution in [-0.2, 0) is 0 Å². The lowest BCUT2D eigenvalue weighted by Gasteiger charge is -2.36. The number of hydrogen-bond acceptors (Lipinski definition) is 2. The Morgan fingerprint density at radius 2 is 1.69 bits per heavy atom. The van der Waals surface area contributed by atoms with Crippen molar-refractivity contribution in [3.63, 3.8) is 0 Å². The Hall–Kier alpha value is -0.0800. The smallest absolute Gasteiger partial charge is 0.0218 e. The summed E-state index contributed by atoms with van der Waals surface area (Å²) in [7, 11) is 0. The molecule has 0 bridgehead atoms. The zero-order valence-electron chi connectivity index (χ0n) is 10.7. The van der Waals surface area contributed by atoms with Crippen molar-refractivity contribution in [2.75, 3.05) is 19.6 Å². The molecule has 1 atom stereocenters. The standard InChI is InChI=1S/C14H28N2/c15-12-14-8-4-5-10-16(14)11-9-13-6-2-1-3-7-13/h13-14H,1-12,15H2/t14-/m0/s1. The lowest BCUT2D eigenvalue weighted by molar-refractivity contribution is 0.138. The molecule has 2 nitrogen and oxygen atoms in total. The van der Waals surface area contributed by atoms with Crippen molar-refractivity contribution < 1.29 is 0 Å². The van der Waals surface area contributed by atoms with Gasteiger partial charge in [0.15, 0.2) is 0 Å². The molecule has 0 aromatic carbocycles. The number of nitrogens with zero attached hydrogens (tertiary/aromatic N) is 1. The minimum Gasteiger partial charge on any atom is -0.329 e. The third-order valence-corrected chi connectivity index (χ3v) is 4.57. The first-order chi connectivity index (χ1) is 7.90. The minimum atomic E-state index is 0.692. The molecule has 2 heteroatoms. The van der Waals surface area contributed by atoms with E-state index in [0.717, 1.165) is 12.5 Å². The highest BCUT2D eigenvalue weighted by atomic mass is 15.2. The van der Waals surface area contributed by atoms with Crippen LogP contribution >= 0.6 is 0 Å². The third-order valence-electron chi connectivity index (χ3n) is 4.57. The van der Waals surface area contributed by atoms with E-state index >= 15 is 0 Å². The zero-order chi connectivity index (χ0) is 11.2. The Balaban J connectivity index is 1.70.